The van der Waals surface area contributed by atoms with Crippen LogP contribution in [0.25, 0.3) is 0 Å². The van der Waals surface area contributed by atoms with Gasteiger partial charge in [0.2, 0.25) is 0 Å². The van der Waals surface area contributed by atoms with E-state index in [1.54, 1.807) is 0 Å². The highest BCUT2D eigenvalue weighted by Crippen LogP contribution is 2.16. The molecule has 1 rings (SSSR count). The van der Waals surface area contributed by atoms with Crippen molar-refractivity contribution < 1.29 is 21.5 Å². The summed E-state index contributed by atoms with van der Waals surface area (Å²) in [7, 11) is 2.29. The molecule has 22 heavy (non-hydrogen) atoms. The van der Waals surface area contributed by atoms with Gasteiger partial charge in [0, 0.05) is 0 Å². The summed E-state index contributed by atoms with van der Waals surface area (Å²) in [6.07, 6.45) is 27.6. The molecule has 0 radical (unpaired) electrons. The van der Waals surface area contributed by atoms with Gasteiger partial charge in [-0.2, -0.15) is 0 Å². The van der Waals surface area contributed by atoms with E-state index in [4.69, 9.17) is 0 Å². The van der Waals surface area contributed by atoms with Crippen molar-refractivity contribution in [3.63, 3.8) is 0 Å². The second kappa shape index (κ2) is 14.5. The van der Waals surface area contributed by atoms with Gasteiger partial charge in [-0.25, -0.2) is 0 Å². The molecule has 0 unspecified atom stereocenters. The van der Waals surface area contributed by atoms with Crippen LogP contribution in [0.3, 0.4) is 0 Å². The molecule has 0 aromatic heterocycles. The van der Waals surface area contributed by atoms with Crippen LogP contribution in [-0.4, -0.2) is 18.1 Å². The third-order valence-electron chi connectivity index (χ3n) is 4.71. The second-order valence-electron chi connectivity index (χ2n) is 7.00. The fourth-order valence-electron chi connectivity index (χ4n) is 3.16. The van der Waals surface area contributed by atoms with Gasteiger partial charge in [0.1, 0.15) is 12.4 Å². The minimum atomic E-state index is 0. The van der Waals surface area contributed by atoms with Gasteiger partial charge in [-0.3, -0.25) is 4.48 Å². The Bertz CT molecular complexity index is 284. The largest absolute Gasteiger partial charge is 1.00 e. The van der Waals surface area contributed by atoms with E-state index in [9.17, 15) is 0 Å². The number of unbranched alkanes of at least 4 members (excludes halogenated alkanes) is 12. The fourth-order valence-corrected chi connectivity index (χ4v) is 3.16. The second-order valence-corrected chi connectivity index (χ2v) is 7.00. The molecule has 0 atom stereocenters. The molecule has 1 heterocycles. The molecule has 2 heteroatoms. The summed E-state index contributed by atoms with van der Waals surface area (Å²) in [5, 5.41) is 0. The molecule has 0 spiro atoms. The molecular weight excluding hydrogens is 334 g/mol. The van der Waals surface area contributed by atoms with Gasteiger partial charge >= 0.3 is 0 Å². The summed E-state index contributed by atoms with van der Waals surface area (Å²) < 4.78 is 1.01. The van der Waals surface area contributed by atoms with Gasteiger partial charge < -0.3 is 17.0 Å². The molecule has 0 aliphatic carbocycles. The van der Waals surface area contributed by atoms with Gasteiger partial charge in [0.15, 0.2) is 0 Å². The standard InChI is InChI=1S/C20H38N.BrH/c1-3-4-5-6-7-8-9-10-11-12-13-14-15-18-21(2)19-16-17-20-21;/h16-17,19-20H,3-15,18H2,1-2H3;1H/q+1;/p-1. The van der Waals surface area contributed by atoms with Crippen LogP contribution in [0.15, 0.2) is 24.6 Å². The molecular formula is C20H38BrN. The topological polar surface area (TPSA) is 0 Å². The molecule has 0 bridgehead atoms. The highest BCUT2D eigenvalue weighted by molar-refractivity contribution is 5.03. The highest BCUT2D eigenvalue weighted by Gasteiger charge is 2.16. The van der Waals surface area contributed by atoms with Crippen molar-refractivity contribution in [1.82, 2.24) is 0 Å². The van der Waals surface area contributed by atoms with Crippen LogP contribution in [-0.2, 0) is 0 Å². The van der Waals surface area contributed by atoms with Crippen LogP contribution >= 0.6 is 0 Å². The lowest BCUT2D eigenvalue weighted by atomic mass is 10.0. The van der Waals surface area contributed by atoms with Gasteiger partial charge in [-0.05, 0) is 25.0 Å². The van der Waals surface area contributed by atoms with Gasteiger partial charge in [0.05, 0.1) is 13.6 Å². The van der Waals surface area contributed by atoms with Crippen molar-refractivity contribution in [3.8, 4) is 0 Å². The SMILES string of the molecule is CCCCCCCCCCCCCCC[N+]1(C)C=CC=C1.[Br-]. The summed E-state index contributed by atoms with van der Waals surface area (Å²) in [4.78, 5) is 0. The molecule has 0 amide bonds. The van der Waals surface area contributed by atoms with E-state index in [1.807, 2.05) is 0 Å². The quantitative estimate of drug-likeness (QED) is 0.323. The molecule has 0 saturated carbocycles. The summed E-state index contributed by atoms with van der Waals surface area (Å²) in [5.74, 6) is 0. The van der Waals surface area contributed by atoms with E-state index >= 15 is 0 Å². The van der Waals surface area contributed by atoms with Crippen LogP contribution in [0.4, 0.5) is 0 Å². The van der Waals surface area contributed by atoms with Crippen LogP contribution in [0.2, 0.25) is 0 Å². The van der Waals surface area contributed by atoms with E-state index in [0.717, 1.165) is 4.48 Å². The van der Waals surface area contributed by atoms with Crippen LogP contribution in [0.5, 0.6) is 0 Å². The Hall–Kier alpha value is -0.0800. The summed E-state index contributed by atoms with van der Waals surface area (Å²) in [6.45, 7) is 3.56. The van der Waals surface area contributed by atoms with Gasteiger partial charge in [-0.15, -0.1) is 0 Å². The van der Waals surface area contributed by atoms with E-state index in [1.165, 1.54) is 90.0 Å². The molecule has 1 aliphatic heterocycles. The highest BCUT2D eigenvalue weighted by atomic mass is 79.9. The first-order valence-corrected chi connectivity index (χ1v) is 9.49. The van der Waals surface area contributed by atoms with Crippen molar-refractivity contribution in [2.75, 3.05) is 13.6 Å². The monoisotopic (exact) mass is 371 g/mol. The lowest BCUT2D eigenvalue weighted by Gasteiger charge is -2.22. The van der Waals surface area contributed by atoms with E-state index < -0.39 is 0 Å². The van der Waals surface area contributed by atoms with Gasteiger partial charge in [-0.1, -0.05) is 77.6 Å². The third-order valence-corrected chi connectivity index (χ3v) is 4.71. The zero-order valence-corrected chi connectivity index (χ0v) is 16.6. The van der Waals surface area contributed by atoms with E-state index in [0.29, 0.717) is 0 Å². The smallest absolute Gasteiger partial charge is 0.100 e. The van der Waals surface area contributed by atoms with Crippen molar-refractivity contribution in [3.05, 3.63) is 24.6 Å². The van der Waals surface area contributed by atoms with Crippen molar-refractivity contribution in [2.45, 2.75) is 90.4 Å². The zero-order chi connectivity index (χ0) is 15.2. The summed E-state index contributed by atoms with van der Waals surface area (Å²) in [6, 6.07) is 0. The summed E-state index contributed by atoms with van der Waals surface area (Å²) >= 11 is 0. The van der Waals surface area contributed by atoms with E-state index in [2.05, 4.69) is 38.5 Å². The molecule has 0 fully saturated rings. The minimum Gasteiger partial charge on any atom is -1.00 e. The molecule has 0 aromatic carbocycles. The third kappa shape index (κ3) is 11.5. The predicted octanol–water partition coefficient (Wildman–Crippen LogP) is 3.57. The van der Waals surface area contributed by atoms with Crippen molar-refractivity contribution in [1.29, 1.82) is 0 Å². The maximum absolute atomic E-state index is 2.29. The first-order valence-electron chi connectivity index (χ1n) is 9.49. The Morgan fingerprint density at radius 2 is 0.955 bits per heavy atom. The average Bonchev–Trinajstić information content (AvgIpc) is 2.91. The minimum absolute atomic E-state index is 0. The first kappa shape index (κ1) is 21.9. The Morgan fingerprint density at radius 1 is 0.591 bits per heavy atom. The van der Waals surface area contributed by atoms with Gasteiger partial charge in [0.25, 0.3) is 0 Å². The normalized spacial score (nSPS) is 15.2. The Balaban J connectivity index is 0.00000441. The van der Waals surface area contributed by atoms with Crippen molar-refractivity contribution >= 4 is 0 Å². The van der Waals surface area contributed by atoms with Crippen LogP contribution in [0, 0.1) is 0 Å². The molecule has 130 valence electrons. The number of nitrogens with zero attached hydrogens (tertiary/aromatic N) is 1. The zero-order valence-electron chi connectivity index (χ0n) is 15.0. The number of hydrogen-bond donors (Lipinski definition) is 0. The van der Waals surface area contributed by atoms with Crippen molar-refractivity contribution in [2.24, 2.45) is 0 Å². The Labute approximate surface area is 150 Å². The molecule has 1 nitrogen and oxygen atoms in total. The molecule has 0 N–H and O–H groups in total. The lowest BCUT2D eigenvalue weighted by Crippen LogP contribution is -3.00. The van der Waals surface area contributed by atoms with Crippen LogP contribution in [0.1, 0.15) is 90.4 Å². The number of rotatable bonds is 14. The number of allylic oxidation sites excluding steroid dienone is 2. The maximum Gasteiger partial charge on any atom is 0.100 e. The summed E-state index contributed by atoms with van der Waals surface area (Å²) in [5.41, 5.74) is 0. The number of hydrogen-bond acceptors (Lipinski definition) is 0. The average molecular weight is 372 g/mol. The predicted molar refractivity (Wildman–Crippen MR) is 95.0 cm³/mol. The lowest BCUT2D eigenvalue weighted by molar-refractivity contribution is -0.804. The van der Waals surface area contributed by atoms with Crippen LogP contribution < -0.4 is 17.0 Å². The maximum atomic E-state index is 2.29. The van der Waals surface area contributed by atoms with E-state index in [-0.39, 0.29) is 17.0 Å². The number of quaternary nitrogens is 1. The molecule has 0 aromatic rings. The first-order chi connectivity index (χ1) is 10.3. The fraction of sp³-hybridized carbons (Fsp3) is 0.800. The Kier molecular flexibility index (Phi) is 14.5. The molecule has 0 saturated heterocycles. The Morgan fingerprint density at radius 3 is 1.36 bits per heavy atom. The number of halogens is 1. The molecule has 1 aliphatic rings.